The number of nitrogens with zero attached hydrogens (tertiary/aromatic N) is 2. The number of benzene rings is 1. The average molecular weight is 420 g/mol. The van der Waals surface area contributed by atoms with Crippen molar-refractivity contribution in [1.82, 2.24) is 4.98 Å². The number of hydrogen-bond acceptors (Lipinski definition) is 4. The molecule has 0 N–H and O–H groups in total. The van der Waals surface area contributed by atoms with Crippen LogP contribution < -0.4 is 4.31 Å². The molecule has 0 aliphatic rings. The molecular weight excluding hydrogens is 404 g/mol. The van der Waals surface area contributed by atoms with Crippen LogP contribution in [0.1, 0.15) is 11.1 Å². The Morgan fingerprint density at radius 2 is 1.96 bits per heavy atom. The van der Waals surface area contributed by atoms with Gasteiger partial charge >= 0.3 is 0 Å². The molecule has 0 radical (unpaired) electrons. The molecule has 5 nitrogen and oxygen atoms in total. The van der Waals surface area contributed by atoms with Gasteiger partial charge in [-0.3, -0.25) is 0 Å². The topological polar surface area (TPSA) is 59.5 Å². The predicted molar refractivity (Wildman–Crippen MR) is 94.4 cm³/mol. The molecule has 1 aromatic carbocycles. The Morgan fingerprint density at radius 1 is 1.26 bits per heavy atom. The van der Waals surface area contributed by atoms with Crippen molar-refractivity contribution in [3.63, 3.8) is 0 Å². The van der Waals surface area contributed by atoms with Crippen molar-refractivity contribution in [3.05, 3.63) is 51.2 Å². The highest BCUT2D eigenvalue weighted by Crippen LogP contribution is 2.31. The van der Waals surface area contributed by atoms with Gasteiger partial charge in [0.05, 0.1) is 15.6 Å². The fourth-order valence-electron chi connectivity index (χ4n) is 1.97. The summed E-state index contributed by atoms with van der Waals surface area (Å²) in [7, 11) is -2.39. The zero-order valence-electron chi connectivity index (χ0n) is 12.9. The van der Waals surface area contributed by atoms with Gasteiger partial charge in [0.25, 0.3) is 10.0 Å². The molecule has 2 aromatic rings. The number of aryl methyl sites for hydroxylation is 2. The van der Waals surface area contributed by atoms with Gasteiger partial charge in [0, 0.05) is 13.3 Å². The van der Waals surface area contributed by atoms with Crippen LogP contribution >= 0.6 is 27.5 Å². The van der Waals surface area contributed by atoms with Crippen LogP contribution in [0.25, 0.3) is 0 Å². The molecule has 0 unspecified atom stereocenters. The maximum absolute atomic E-state index is 13.0. The number of aromatic nitrogens is 1. The standard InChI is InChI=1S/C15H16BrClN2O3S/c1-10-4-5-13(6-11(10)2)23(20,21)19(9-22-3)14-7-12(17)8-18-15(14)16/h4-8H,9H2,1-3H3. The molecule has 2 rings (SSSR count). The third-order valence-corrected chi connectivity index (χ3v) is 5.92. The maximum Gasteiger partial charge on any atom is 0.266 e. The molecule has 0 saturated heterocycles. The van der Waals surface area contributed by atoms with E-state index >= 15 is 0 Å². The Balaban J connectivity index is 2.59. The molecule has 0 aliphatic carbocycles. The summed E-state index contributed by atoms with van der Waals surface area (Å²) >= 11 is 9.22. The summed E-state index contributed by atoms with van der Waals surface area (Å²) in [6.45, 7) is 3.64. The number of pyridine rings is 1. The van der Waals surface area contributed by atoms with Gasteiger partial charge in [-0.15, -0.1) is 0 Å². The largest absolute Gasteiger partial charge is 0.363 e. The Labute approximate surface area is 149 Å². The maximum atomic E-state index is 13.0. The van der Waals surface area contributed by atoms with E-state index in [1.165, 1.54) is 19.4 Å². The van der Waals surface area contributed by atoms with E-state index in [0.717, 1.165) is 15.4 Å². The van der Waals surface area contributed by atoms with Crippen molar-refractivity contribution in [2.24, 2.45) is 0 Å². The van der Waals surface area contributed by atoms with Crippen LogP contribution in [0.4, 0.5) is 5.69 Å². The van der Waals surface area contributed by atoms with Gasteiger partial charge in [-0.2, -0.15) is 0 Å². The van der Waals surface area contributed by atoms with E-state index in [1.54, 1.807) is 18.2 Å². The second-order valence-corrected chi connectivity index (χ2v) is 8.03. The molecule has 124 valence electrons. The lowest BCUT2D eigenvalue weighted by molar-refractivity contribution is 0.209. The van der Waals surface area contributed by atoms with Crippen LogP contribution in [-0.4, -0.2) is 27.2 Å². The van der Waals surface area contributed by atoms with Gasteiger partial charge in [-0.1, -0.05) is 17.7 Å². The zero-order valence-corrected chi connectivity index (χ0v) is 16.0. The molecule has 1 aromatic heterocycles. The lowest BCUT2D eigenvalue weighted by atomic mass is 10.1. The molecule has 0 atom stereocenters. The first-order chi connectivity index (χ1) is 10.8. The number of methoxy groups -OCH3 is 1. The van der Waals surface area contributed by atoms with E-state index in [0.29, 0.717) is 15.3 Å². The monoisotopic (exact) mass is 418 g/mol. The number of ether oxygens (including phenoxy) is 1. The van der Waals surface area contributed by atoms with Gasteiger partial charge in [-0.25, -0.2) is 17.7 Å². The molecule has 8 heteroatoms. The van der Waals surface area contributed by atoms with Crippen LogP contribution in [0.2, 0.25) is 5.02 Å². The van der Waals surface area contributed by atoms with E-state index in [4.69, 9.17) is 16.3 Å². The van der Waals surface area contributed by atoms with Crippen molar-refractivity contribution in [2.75, 3.05) is 18.1 Å². The second kappa shape index (κ2) is 7.17. The van der Waals surface area contributed by atoms with Gasteiger partial charge in [-0.05, 0) is 59.1 Å². The number of hydrogen-bond donors (Lipinski definition) is 0. The normalized spacial score (nSPS) is 11.5. The van der Waals surface area contributed by atoms with E-state index < -0.39 is 10.0 Å². The fraction of sp³-hybridized carbons (Fsp3) is 0.267. The molecule has 0 bridgehead atoms. The highest BCUT2D eigenvalue weighted by atomic mass is 79.9. The average Bonchev–Trinajstić information content (AvgIpc) is 2.50. The first-order valence-electron chi connectivity index (χ1n) is 6.67. The highest BCUT2D eigenvalue weighted by Gasteiger charge is 2.27. The number of sulfonamides is 1. The van der Waals surface area contributed by atoms with Gasteiger partial charge in [0.15, 0.2) is 0 Å². The van der Waals surface area contributed by atoms with Crippen LogP contribution in [-0.2, 0) is 14.8 Å². The van der Waals surface area contributed by atoms with Crippen molar-refractivity contribution in [2.45, 2.75) is 18.7 Å². The summed E-state index contributed by atoms with van der Waals surface area (Å²) < 4.78 is 32.6. The summed E-state index contributed by atoms with van der Waals surface area (Å²) in [4.78, 5) is 4.23. The minimum Gasteiger partial charge on any atom is -0.363 e. The summed E-state index contributed by atoms with van der Waals surface area (Å²) in [5, 5.41) is 0.333. The van der Waals surface area contributed by atoms with E-state index in [9.17, 15) is 8.42 Å². The third-order valence-electron chi connectivity index (χ3n) is 3.37. The van der Waals surface area contributed by atoms with E-state index in [2.05, 4.69) is 20.9 Å². The lowest BCUT2D eigenvalue weighted by Gasteiger charge is -2.24. The molecular formula is C15H16BrClN2O3S. The minimum atomic E-state index is -3.82. The van der Waals surface area contributed by atoms with Crippen LogP contribution in [0.5, 0.6) is 0 Å². The molecule has 0 saturated carbocycles. The molecule has 0 aliphatic heterocycles. The van der Waals surface area contributed by atoms with Crippen molar-refractivity contribution in [1.29, 1.82) is 0 Å². The van der Waals surface area contributed by atoms with Crippen LogP contribution in [0, 0.1) is 13.8 Å². The Kier molecular flexibility index (Phi) is 5.67. The van der Waals surface area contributed by atoms with Crippen LogP contribution in [0.3, 0.4) is 0 Å². The smallest absolute Gasteiger partial charge is 0.266 e. The molecule has 23 heavy (non-hydrogen) atoms. The Morgan fingerprint density at radius 3 is 2.57 bits per heavy atom. The summed E-state index contributed by atoms with van der Waals surface area (Å²) in [5.74, 6) is 0. The van der Waals surface area contributed by atoms with Gasteiger partial charge in [0.2, 0.25) is 0 Å². The predicted octanol–water partition coefficient (Wildman–Crippen LogP) is 3.91. The summed E-state index contributed by atoms with van der Waals surface area (Å²) in [6, 6.07) is 6.51. The number of anilines is 1. The molecule has 0 amide bonds. The Bertz CT molecular complexity index is 827. The van der Waals surface area contributed by atoms with Gasteiger partial charge < -0.3 is 4.74 Å². The van der Waals surface area contributed by atoms with Gasteiger partial charge in [0.1, 0.15) is 11.3 Å². The number of halogens is 2. The van der Waals surface area contributed by atoms with Crippen molar-refractivity contribution < 1.29 is 13.2 Å². The minimum absolute atomic E-state index is 0.157. The quantitative estimate of drug-likeness (QED) is 0.544. The molecule has 1 heterocycles. The van der Waals surface area contributed by atoms with Crippen molar-refractivity contribution >= 4 is 43.2 Å². The summed E-state index contributed by atoms with van der Waals surface area (Å²) in [6.07, 6.45) is 1.43. The number of rotatable bonds is 5. The fourth-order valence-corrected chi connectivity index (χ4v) is 4.14. The molecule has 0 fully saturated rings. The van der Waals surface area contributed by atoms with Crippen molar-refractivity contribution in [3.8, 4) is 0 Å². The van der Waals surface area contributed by atoms with E-state index in [-0.39, 0.29) is 11.6 Å². The SMILES string of the molecule is COCN(c1cc(Cl)cnc1Br)S(=O)(=O)c1ccc(C)c(C)c1. The lowest BCUT2D eigenvalue weighted by Crippen LogP contribution is -2.33. The van der Waals surface area contributed by atoms with Crippen LogP contribution in [0.15, 0.2) is 40.0 Å². The second-order valence-electron chi connectivity index (χ2n) is 4.98. The Hall–Kier alpha value is -1.15. The highest BCUT2D eigenvalue weighted by molar-refractivity contribution is 9.10. The third kappa shape index (κ3) is 3.85. The van der Waals surface area contributed by atoms with E-state index in [1.807, 2.05) is 13.8 Å². The first kappa shape index (κ1) is 18.2. The summed E-state index contributed by atoms with van der Waals surface area (Å²) in [5.41, 5.74) is 2.23. The first-order valence-corrected chi connectivity index (χ1v) is 9.28. The zero-order chi connectivity index (χ0) is 17.2. The molecule has 0 spiro atoms.